The lowest BCUT2D eigenvalue weighted by molar-refractivity contribution is -0.146. The zero-order valence-electron chi connectivity index (χ0n) is 18.6. The molecular formula is C26H34N2O4. The lowest BCUT2D eigenvalue weighted by Crippen LogP contribution is -2.50. The number of likely N-dealkylation sites (tertiary alicyclic amines) is 1. The summed E-state index contributed by atoms with van der Waals surface area (Å²) in [5, 5.41) is 13.1. The SMILES string of the molecule is O=C(CN1CCCCCC(NC(CCc2ccccc2)C(=O)O)C1)OCc1ccccc1. The molecule has 6 nitrogen and oxygen atoms in total. The van der Waals surface area contributed by atoms with Crippen LogP contribution in [0.3, 0.4) is 0 Å². The third kappa shape index (κ3) is 8.44. The molecule has 1 aliphatic heterocycles. The zero-order valence-corrected chi connectivity index (χ0v) is 18.6. The maximum absolute atomic E-state index is 12.4. The average molecular weight is 439 g/mol. The van der Waals surface area contributed by atoms with E-state index >= 15 is 0 Å². The van der Waals surface area contributed by atoms with Gasteiger partial charge in [0.1, 0.15) is 12.6 Å². The van der Waals surface area contributed by atoms with Crippen molar-refractivity contribution in [3.8, 4) is 0 Å². The molecule has 0 spiro atoms. The predicted molar refractivity (Wildman–Crippen MR) is 124 cm³/mol. The van der Waals surface area contributed by atoms with Gasteiger partial charge in [0.05, 0.1) is 6.54 Å². The van der Waals surface area contributed by atoms with Crippen LogP contribution in [0.15, 0.2) is 60.7 Å². The second-order valence-corrected chi connectivity index (χ2v) is 8.51. The first-order chi connectivity index (χ1) is 15.6. The highest BCUT2D eigenvalue weighted by molar-refractivity contribution is 5.73. The maximum Gasteiger partial charge on any atom is 0.320 e. The summed E-state index contributed by atoms with van der Waals surface area (Å²) in [5.41, 5.74) is 2.11. The smallest absolute Gasteiger partial charge is 0.320 e. The molecular weight excluding hydrogens is 404 g/mol. The molecule has 1 heterocycles. The van der Waals surface area contributed by atoms with E-state index in [1.165, 1.54) is 0 Å². The minimum absolute atomic E-state index is 0.0362. The average Bonchev–Trinajstić information content (AvgIpc) is 2.79. The first-order valence-electron chi connectivity index (χ1n) is 11.5. The number of carboxylic acids is 1. The fraction of sp³-hybridized carbons (Fsp3) is 0.462. The van der Waals surface area contributed by atoms with Gasteiger partial charge in [0.15, 0.2) is 0 Å². The Bertz CT molecular complexity index is 828. The van der Waals surface area contributed by atoms with Crippen molar-refractivity contribution in [1.29, 1.82) is 0 Å². The van der Waals surface area contributed by atoms with Crippen LogP contribution < -0.4 is 5.32 Å². The first-order valence-corrected chi connectivity index (χ1v) is 11.5. The number of hydrogen-bond donors (Lipinski definition) is 2. The van der Waals surface area contributed by atoms with Gasteiger partial charge in [-0.2, -0.15) is 0 Å². The van der Waals surface area contributed by atoms with Gasteiger partial charge in [0, 0.05) is 12.6 Å². The summed E-state index contributed by atoms with van der Waals surface area (Å²) >= 11 is 0. The highest BCUT2D eigenvalue weighted by Gasteiger charge is 2.25. The molecule has 0 amide bonds. The summed E-state index contributed by atoms with van der Waals surface area (Å²) in [4.78, 5) is 26.4. The highest BCUT2D eigenvalue weighted by atomic mass is 16.5. The Labute approximate surface area is 190 Å². The van der Waals surface area contributed by atoms with Crippen molar-refractivity contribution in [2.75, 3.05) is 19.6 Å². The molecule has 2 atom stereocenters. The molecule has 1 aliphatic rings. The van der Waals surface area contributed by atoms with E-state index in [2.05, 4.69) is 10.2 Å². The number of benzene rings is 2. The Hall–Kier alpha value is -2.70. The summed E-state index contributed by atoms with van der Waals surface area (Å²) in [5.74, 6) is -1.07. The number of aryl methyl sites for hydroxylation is 1. The van der Waals surface area contributed by atoms with Crippen LogP contribution in [0.5, 0.6) is 0 Å². The fourth-order valence-corrected chi connectivity index (χ4v) is 4.16. The molecule has 1 fully saturated rings. The zero-order chi connectivity index (χ0) is 22.6. The Morgan fingerprint density at radius 1 is 1.00 bits per heavy atom. The van der Waals surface area contributed by atoms with E-state index in [1.807, 2.05) is 60.7 Å². The molecule has 172 valence electrons. The van der Waals surface area contributed by atoms with E-state index < -0.39 is 12.0 Å². The summed E-state index contributed by atoms with van der Waals surface area (Å²) in [6.07, 6.45) is 5.34. The van der Waals surface area contributed by atoms with Crippen LogP contribution in [0.4, 0.5) is 0 Å². The van der Waals surface area contributed by atoms with Crippen molar-refractivity contribution in [2.24, 2.45) is 0 Å². The van der Waals surface area contributed by atoms with E-state index in [4.69, 9.17) is 4.74 Å². The van der Waals surface area contributed by atoms with Gasteiger partial charge in [-0.1, -0.05) is 73.5 Å². The van der Waals surface area contributed by atoms with Gasteiger partial charge in [0.2, 0.25) is 0 Å². The molecule has 2 N–H and O–H groups in total. The third-order valence-electron chi connectivity index (χ3n) is 5.90. The lowest BCUT2D eigenvalue weighted by atomic mass is 10.0. The fourth-order valence-electron chi connectivity index (χ4n) is 4.16. The van der Waals surface area contributed by atoms with Crippen LogP contribution in [0, 0.1) is 0 Å². The highest BCUT2D eigenvalue weighted by Crippen LogP contribution is 2.14. The van der Waals surface area contributed by atoms with Crippen LogP contribution in [-0.2, 0) is 27.4 Å². The van der Waals surface area contributed by atoms with Gasteiger partial charge in [-0.25, -0.2) is 0 Å². The molecule has 32 heavy (non-hydrogen) atoms. The second-order valence-electron chi connectivity index (χ2n) is 8.51. The Morgan fingerprint density at radius 2 is 1.69 bits per heavy atom. The van der Waals surface area contributed by atoms with Crippen LogP contribution in [0.2, 0.25) is 0 Å². The van der Waals surface area contributed by atoms with Crippen LogP contribution in [0.1, 0.15) is 43.2 Å². The molecule has 0 saturated carbocycles. The summed E-state index contributed by atoms with van der Waals surface area (Å²) in [6, 6.07) is 19.0. The number of rotatable bonds is 10. The number of hydrogen-bond acceptors (Lipinski definition) is 5. The van der Waals surface area contributed by atoms with E-state index in [0.717, 1.165) is 43.4 Å². The molecule has 0 aromatic heterocycles. The number of nitrogens with one attached hydrogen (secondary N) is 1. The quantitative estimate of drug-likeness (QED) is 0.552. The minimum Gasteiger partial charge on any atom is -0.480 e. The monoisotopic (exact) mass is 438 g/mol. The molecule has 6 heteroatoms. The van der Waals surface area contributed by atoms with Gasteiger partial charge in [-0.3, -0.25) is 14.5 Å². The molecule has 0 radical (unpaired) electrons. The standard InChI is InChI=1S/C26H34N2O4/c29-25(32-20-22-12-6-2-7-13-22)19-28-17-9-3-8-14-23(18-28)27-24(26(30)31)16-15-21-10-4-1-5-11-21/h1-2,4-7,10-13,23-24,27H,3,8-9,14-20H2,(H,30,31). The minimum atomic E-state index is -0.822. The van der Waals surface area contributed by atoms with Crippen LogP contribution >= 0.6 is 0 Å². The van der Waals surface area contributed by atoms with Crippen molar-refractivity contribution in [3.05, 3.63) is 71.8 Å². The first kappa shape index (κ1) is 24.0. The molecule has 2 aromatic carbocycles. The normalized spacial score (nSPS) is 18.3. The molecule has 0 aliphatic carbocycles. The third-order valence-corrected chi connectivity index (χ3v) is 5.90. The van der Waals surface area contributed by atoms with Crippen molar-refractivity contribution in [3.63, 3.8) is 0 Å². The molecule has 2 aromatic rings. The topological polar surface area (TPSA) is 78.9 Å². The van der Waals surface area contributed by atoms with Gasteiger partial charge >= 0.3 is 11.9 Å². The van der Waals surface area contributed by atoms with E-state index in [0.29, 0.717) is 19.4 Å². The van der Waals surface area contributed by atoms with Gasteiger partial charge in [-0.05, 0) is 43.4 Å². The van der Waals surface area contributed by atoms with Gasteiger partial charge in [0.25, 0.3) is 0 Å². The Morgan fingerprint density at radius 3 is 2.38 bits per heavy atom. The molecule has 1 saturated heterocycles. The summed E-state index contributed by atoms with van der Waals surface area (Å²) < 4.78 is 5.45. The Balaban J connectivity index is 1.51. The predicted octanol–water partition coefficient (Wildman–Crippen LogP) is 3.65. The maximum atomic E-state index is 12.4. The van der Waals surface area contributed by atoms with Crippen molar-refractivity contribution < 1.29 is 19.4 Å². The van der Waals surface area contributed by atoms with Crippen molar-refractivity contribution >= 4 is 11.9 Å². The second kappa shape index (κ2) is 13.0. The van der Waals surface area contributed by atoms with Crippen molar-refractivity contribution in [1.82, 2.24) is 10.2 Å². The van der Waals surface area contributed by atoms with E-state index in [-0.39, 0.29) is 25.2 Å². The number of carbonyl (C=O) groups is 2. The van der Waals surface area contributed by atoms with Crippen molar-refractivity contribution in [2.45, 2.75) is 57.2 Å². The number of aliphatic carboxylic acids is 1. The number of carboxylic acid groups (broad SMARTS) is 1. The van der Waals surface area contributed by atoms with Crippen LogP contribution in [-0.4, -0.2) is 53.7 Å². The number of carbonyl (C=O) groups excluding carboxylic acids is 1. The Kier molecular flexibility index (Phi) is 9.72. The lowest BCUT2D eigenvalue weighted by Gasteiger charge is -2.31. The van der Waals surface area contributed by atoms with Crippen LogP contribution in [0.25, 0.3) is 0 Å². The summed E-state index contributed by atoms with van der Waals surface area (Å²) in [6.45, 7) is 1.97. The molecule has 3 rings (SSSR count). The molecule has 2 unspecified atom stereocenters. The molecule has 0 bridgehead atoms. The number of esters is 1. The number of ether oxygens (including phenoxy) is 1. The van der Waals surface area contributed by atoms with E-state index in [1.54, 1.807) is 0 Å². The number of nitrogens with zero attached hydrogens (tertiary/aromatic N) is 1. The van der Waals surface area contributed by atoms with Gasteiger partial charge < -0.3 is 15.2 Å². The van der Waals surface area contributed by atoms with Gasteiger partial charge in [-0.15, -0.1) is 0 Å². The largest absolute Gasteiger partial charge is 0.480 e. The van der Waals surface area contributed by atoms with E-state index in [9.17, 15) is 14.7 Å². The summed E-state index contributed by atoms with van der Waals surface area (Å²) in [7, 11) is 0.